The van der Waals surface area contributed by atoms with Gasteiger partial charge in [-0.2, -0.15) is 0 Å². The van der Waals surface area contributed by atoms with Crippen LogP contribution < -0.4 is 0 Å². The van der Waals surface area contributed by atoms with Gasteiger partial charge in [0.1, 0.15) is 0 Å². The molecule has 0 spiro atoms. The number of aliphatic hydroxyl groups is 1. The summed E-state index contributed by atoms with van der Waals surface area (Å²) in [5, 5.41) is 10.0. The summed E-state index contributed by atoms with van der Waals surface area (Å²) < 4.78 is 0. The number of allylic oxidation sites excluding steroid dienone is 5. The van der Waals surface area contributed by atoms with E-state index < -0.39 is 5.60 Å². The maximum Gasteiger partial charge on any atom is 0.0591 e. The van der Waals surface area contributed by atoms with Crippen molar-refractivity contribution in [2.75, 3.05) is 0 Å². The fourth-order valence-electron chi connectivity index (χ4n) is 6.67. The molecule has 0 aromatic carbocycles. The summed E-state index contributed by atoms with van der Waals surface area (Å²) >= 11 is 0. The molecule has 0 radical (unpaired) electrons. The SMILES string of the molecule is C=C1CCCC/C1=C/C=C1\CCCC2(C)C1CCC2C(C)CCCC(C)(C)O. The zero-order chi connectivity index (χ0) is 20.4. The molecule has 0 heterocycles. The Labute approximate surface area is 174 Å². The average molecular weight is 385 g/mol. The van der Waals surface area contributed by atoms with E-state index in [1.807, 2.05) is 13.8 Å². The van der Waals surface area contributed by atoms with Gasteiger partial charge in [-0.15, -0.1) is 0 Å². The molecule has 3 aliphatic carbocycles. The van der Waals surface area contributed by atoms with Crippen LogP contribution >= 0.6 is 0 Å². The predicted octanol–water partition coefficient (Wildman–Crippen LogP) is 7.76. The molecular weight excluding hydrogens is 340 g/mol. The average Bonchev–Trinajstić information content (AvgIpc) is 2.97. The van der Waals surface area contributed by atoms with Crippen molar-refractivity contribution in [3.63, 3.8) is 0 Å². The Morgan fingerprint density at radius 3 is 2.61 bits per heavy atom. The molecule has 1 nitrogen and oxygen atoms in total. The summed E-state index contributed by atoms with van der Waals surface area (Å²) in [6, 6.07) is 0. The Hall–Kier alpha value is -0.820. The zero-order valence-electron chi connectivity index (χ0n) is 19.0. The third-order valence-electron chi connectivity index (χ3n) is 8.30. The lowest BCUT2D eigenvalue weighted by Crippen LogP contribution is -2.36. The molecule has 0 saturated heterocycles. The van der Waals surface area contributed by atoms with Gasteiger partial charge in [-0.05, 0) is 107 Å². The van der Waals surface area contributed by atoms with Crippen LogP contribution in [-0.4, -0.2) is 10.7 Å². The largest absolute Gasteiger partial charge is 0.390 e. The van der Waals surface area contributed by atoms with Crippen LogP contribution in [0.5, 0.6) is 0 Å². The first kappa shape index (κ1) is 21.9. The summed E-state index contributed by atoms with van der Waals surface area (Å²) in [5.74, 6) is 2.41. The smallest absolute Gasteiger partial charge is 0.0591 e. The molecule has 3 fully saturated rings. The van der Waals surface area contributed by atoms with Gasteiger partial charge in [-0.3, -0.25) is 0 Å². The van der Waals surface area contributed by atoms with Gasteiger partial charge in [0.25, 0.3) is 0 Å². The molecule has 0 aromatic rings. The lowest BCUT2D eigenvalue weighted by atomic mass is 9.60. The highest BCUT2D eigenvalue weighted by Gasteiger charge is 2.50. The van der Waals surface area contributed by atoms with E-state index in [1.54, 1.807) is 5.57 Å². The molecule has 3 aliphatic rings. The highest BCUT2D eigenvalue weighted by Crippen LogP contribution is 2.59. The summed E-state index contributed by atoms with van der Waals surface area (Å²) in [6.45, 7) is 13.3. The van der Waals surface area contributed by atoms with E-state index >= 15 is 0 Å². The topological polar surface area (TPSA) is 20.2 Å². The molecule has 0 aromatic heterocycles. The van der Waals surface area contributed by atoms with Crippen LogP contribution in [0.3, 0.4) is 0 Å². The Morgan fingerprint density at radius 1 is 1.14 bits per heavy atom. The van der Waals surface area contributed by atoms with E-state index in [9.17, 15) is 5.11 Å². The van der Waals surface area contributed by atoms with Gasteiger partial charge < -0.3 is 5.11 Å². The maximum atomic E-state index is 10.0. The van der Waals surface area contributed by atoms with Crippen LogP contribution in [-0.2, 0) is 0 Å². The predicted molar refractivity (Wildman–Crippen MR) is 121 cm³/mol. The van der Waals surface area contributed by atoms with Crippen LogP contribution in [0.15, 0.2) is 35.5 Å². The molecule has 1 N–H and O–H groups in total. The van der Waals surface area contributed by atoms with Crippen molar-refractivity contribution in [3.8, 4) is 0 Å². The normalized spacial score (nSPS) is 35.4. The van der Waals surface area contributed by atoms with Gasteiger partial charge in [-0.1, -0.05) is 56.6 Å². The highest BCUT2D eigenvalue weighted by atomic mass is 16.3. The minimum atomic E-state index is -0.515. The Bertz CT molecular complexity index is 617. The second-order valence-electron chi connectivity index (χ2n) is 11.0. The number of rotatable bonds is 6. The summed E-state index contributed by atoms with van der Waals surface area (Å²) in [6.07, 6.45) is 20.2. The van der Waals surface area contributed by atoms with Crippen molar-refractivity contribution in [1.82, 2.24) is 0 Å². The standard InChI is InChI=1S/C27H44O/c1-20-10-6-7-12-22(20)14-15-23-13-9-19-27(5)24(16-17-25(23)27)21(2)11-8-18-26(3,4)28/h14-15,21,24-25,28H,1,6-13,16-19H2,2-5H3/b22-14-,23-15+. The summed E-state index contributed by atoms with van der Waals surface area (Å²) in [7, 11) is 0. The van der Waals surface area contributed by atoms with Gasteiger partial charge in [0.15, 0.2) is 0 Å². The summed E-state index contributed by atoms with van der Waals surface area (Å²) in [5.41, 5.74) is 4.59. The third-order valence-corrected chi connectivity index (χ3v) is 8.30. The molecule has 4 atom stereocenters. The van der Waals surface area contributed by atoms with E-state index in [4.69, 9.17) is 0 Å². The van der Waals surface area contributed by atoms with E-state index in [1.165, 1.54) is 75.4 Å². The fraction of sp³-hybridized carbons (Fsp3) is 0.778. The highest BCUT2D eigenvalue weighted by molar-refractivity contribution is 5.35. The third kappa shape index (κ3) is 5.02. The first-order valence-corrected chi connectivity index (χ1v) is 12.0. The molecule has 4 unspecified atom stereocenters. The number of fused-ring (bicyclic) bond motifs is 1. The minimum absolute atomic E-state index is 0.486. The van der Waals surface area contributed by atoms with Crippen molar-refractivity contribution < 1.29 is 5.11 Å². The molecular formula is C27H44O. The van der Waals surface area contributed by atoms with Crippen molar-refractivity contribution in [2.24, 2.45) is 23.2 Å². The van der Waals surface area contributed by atoms with Crippen LogP contribution in [0.2, 0.25) is 0 Å². The molecule has 0 bridgehead atoms. The van der Waals surface area contributed by atoms with Crippen molar-refractivity contribution in [2.45, 2.75) is 110 Å². The lowest BCUT2D eigenvalue weighted by Gasteiger charge is -2.44. The zero-order valence-corrected chi connectivity index (χ0v) is 19.0. The number of hydrogen-bond donors (Lipinski definition) is 1. The lowest BCUT2D eigenvalue weighted by molar-refractivity contribution is 0.0597. The Balaban J connectivity index is 1.67. The van der Waals surface area contributed by atoms with Gasteiger partial charge >= 0.3 is 0 Å². The monoisotopic (exact) mass is 384 g/mol. The van der Waals surface area contributed by atoms with E-state index in [0.29, 0.717) is 5.41 Å². The molecule has 28 heavy (non-hydrogen) atoms. The molecule has 3 saturated carbocycles. The molecule has 1 heteroatoms. The van der Waals surface area contributed by atoms with E-state index in [2.05, 4.69) is 32.6 Å². The number of hydrogen-bond acceptors (Lipinski definition) is 1. The van der Waals surface area contributed by atoms with E-state index in [0.717, 1.165) is 30.6 Å². The quantitative estimate of drug-likeness (QED) is 0.496. The maximum absolute atomic E-state index is 10.0. The van der Waals surface area contributed by atoms with E-state index in [-0.39, 0.29) is 0 Å². The molecule has 3 rings (SSSR count). The van der Waals surface area contributed by atoms with Crippen LogP contribution in [0, 0.1) is 23.2 Å². The second-order valence-corrected chi connectivity index (χ2v) is 11.0. The van der Waals surface area contributed by atoms with Crippen LogP contribution in [0.1, 0.15) is 105 Å². The fourth-order valence-corrected chi connectivity index (χ4v) is 6.67. The minimum Gasteiger partial charge on any atom is -0.390 e. The first-order valence-electron chi connectivity index (χ1n) is 12.0. The van der Waals surface area contributed by atoms with Gasteiger partial charge in [0.2, 0.25) is 0 Å². The van der Waals surface area contributed by atoms with Crippen LogP contribution in [0.4, 0.5) is 0 Å². The molecule has 0 aliphatic heterocycles. The van der Waals surface area contributed by atoms with Gasteiger partial charge in [-0.25, -0.2) is 0 Å². The Morgan fingerprint density at radius 2 is 1.89 bits per heavy atom. The van der Waals surface area contributed by atoms with Gasteiger partial charge in [0, 0.05) is 0 Å². The molecule has 0 amide bonds. The summed E-state index contributed by atoms with van der Waals surface area (Å²) in [4.78, 5) is 0. The van der Waals surface area contributed by atoms with Crippen molar-refractivity contribution >= 4 is 0 Å². The van der Waals surface area contributed by atoms with Crippen molar-refractivity contribution in [1.29, 1.82) is 0 Å². The first-order chi connectivity index (χ1) is 13.2. The van der Waals surface area contributed by atoms with Gasteiger partial charge in [0.05, 0.1) is 5.60 Å². The van der Waals surface area contributed by atoms with Crippen molar-refractivity contribution in [3.05, 3.63) is 35.5 Å². The second kappa shape index (κ2) is 8.90. The molecule has 158 valence electrons. The Kier molecular flexibility index (Phi) is 6.96. The van der Waals surface area contributed by atoms with Crippen LogP contribution in [0.25, 0.3) is 0 Å².